The first kappa shape index (κ1) is 19.5. The maximum Gasteiger partial charge on any atom is 0.280 e. The molecule has 0 radical (unpaired) electrons. The van der Waals surface area contributed by atoms with Gasteiger partial charge in [0.1, 0.15) is 5.82 Å². The van der Waals surface area contributed by atoms with Gasteiger partial charge in [0.2, 0.25) is 0 Å². The lowest BCUT2D eigenvalue weighted by atomic mass is 10.0. The van der Waals surface area contributed by atoms with E-state index in [0.717, 1.165) is 41.1 Å². The summed E-state index contributed by atoms with van der Waals surface area (Å²) in [5.74, 6) is 0.756. The molecule has 1 fully saturated rings. The van der Waals surface area contributed by atoms with Crippen LogP contribution in [0.25, 0.3) is 17.0 Å². The third kappa shape index (κ3) is 3.70. The lowest BCUT2D eigenvalue weighted by Crippen LogP contribution is -2.37. The van der Waals surface area contributed by atoms with Gasteiger partial charge in [-0.3, -0.25) is 4.79 Å². The van der Waals surface area contributed by atoms with Gasteiger partial charge in [-0.25, -0.2) is 4.98 Å². The van der Waals surface area contributed by atoms with E-state index in [1.807, 2.05) is 43.3 Å². The number of fused-ring (bicyclic) bond motifs is 1. The fraction of sp³-hybridized carbons (Fsp3) is 0.240. The molecule has 0 bridgehead atoms. The van der Waals surface area contributed by atoms with Crippen LogP contribution in [-0.4, -0.2) is 42.9 Å². The molecule has 1 amide bonds. The van der Waals surface area contributed by atoms with Gasteiger partial charge in [-0.1, -0.05) is 29.8 Å². The molecule has 2 aliphatic rings. The average molecular weight is 412 g/mol. The molecule has 2 aliphatic heterocycles. The first-order valence-electron chi connectivity index (χ1n) is 10.5. The van der Waals surface area contributed by atoms with Crippen LogP contribution in [0.15, 0.2) is 65.3 Å². The molecular weight excluding hydrogens is 388 g/mol. The number of aryl methyl sites for hydroxylation is 1. The molecule has 1 aromatic heterocycles. The largest absolute Gasteiger partial charge is 0.378 e. The second-order valence-electron chi connectivity index (χ2n) is 7.89. The maximum atomic E-state index is 13.2. The second kappa shape index (κ2) is 7.96. The molecular formula is C25H24N4O2. The van der Waals surface area contributed by atoms with Gasteiger partial charge >= 0.3 is 0 Å². The number of amides is 1. The zero-order chi connectivity index (χ0) is 21.4. The Hall–Kier alpha value is -3.51. The molecule has 6 nitrogen and oxygen atoms in total. The molecule has 0 atom stereocenters. The molecule has 0 saturated carbocycles. The number of anilines is 2. The number of carbonyl (C=O) groups is 1. The first-order valence-corrected chi connectivity index (χ1v) is 10.5. The number of aromatic nitrogens is 1. The molecule has 0 unspecified atom stereocenters. The van der Waals surface area contributed by atoms with Gasteiger partial charge in [0.05, 0.1) is 35.7 Å². The zero-order valence-electron chi connectivity index (χ0n) is 17.7. The Morgan fingerprint density at radius 1 is 1.00 bits per heavy atom. The topological polar surface area (TPSA) is 58.0 Å². The lowest BCUT2D eigenvalue weighted by Gasteiger charge is -2.29. The van der Waals surface area contributed by atoms with Crippen molar-refractivity contribution in [3.8, 4) is 0 Å². The van der Waals surface area contributed by atoms with Gasteiger partial charge in [-0.2, -0.15) is 10.1 Å². The number of hydrogen-bond donors (Lipinski definition) is 0. The minimum atomic E-state index is -0.124. The summed E-state index contributed by atoms with van der Waals surface area (Å²) in [7, 11) is 0. The van der Waals surface area contributed by atoms with Crippen molar-refractivity contribution in [2.45, 2.75) is 13.8 Å². The smallest absolute Gasteiger partial charge is 0.280 e. The molecule has 6 heteroatoms. The number of nitrogens with zero attached hydrogens (tertiary/aromatic N) is 4. The van der Waals surface area contributed by atoms with Crippen molar-refractivity contribution in [3.63, 3.8) is 0 Å². The van der Waals surface area contributed by atoms with Crippen molar-refractivity contribution in [3.05, 3.63) is 71.3 Å². The monoisotopic (exact) mass is 412 g/mol. The van der Waals surface area contributed by atoms with E-state index in [0.29, 0.717) is 24.5 Å². The summed E-state index contributed by atoms with van der Waals surface area (Å²) < 4.78 is 5.53. The van der Waals surface area contributed by atoms with Crippen molar-refractivity contribution in [1.82, 2.24) is 4.98 Å². The predicted octanol–water partition coefficient (Wildman–Crippen LogP) is 4.19. The summed E-state index contributed by atoms with van der Waals surface area (Å²) in [4.78, 5) is 20.4. The highest BCUT2D eigenvalue weighted by atomic mass is 16.5. The van der Waals surface area contributed by atoms with E-state index < -0.39 is 0 Å². The Bertz CT molecular complexity index is 1210. The number of morpholine rings is 1. The lowest BCUT2D eigenvalue weighted by molar-refractivity contribution is -0.114. The van der Waals surface area contributed by atoms with Crippen LogP contribution in [0, 0.1) is 6.92 Å². The van der Waals surface area contributed by atoms with Crippen LogP contribution in [0.2, 0.25) is 0 Å². The Morgan fingerprint density at radius 3 is 2.55 bits per heavy atom. The molecule has 3 aromatic rings. The summed E-state index contributed by atoms with van der Waals surface area (Å²) in [6.45, 7) is 6.84. The summed E-state index contributed by atoms with van der Waals surface area (Å²) in [6, 6.07) is 17.9. The van der Waals surface area contributed by atoms with Gasteiger partial charge in [-0.05, 0) is 50.3 Å². The normalized spacial score (nSPS) is 18.2. The average Bonchev–Trinajstić information content (AvgIpc) is 3.08. The Kier molecular flexibility index (Phi) is 5.00. The molecule has 0 aliphatic carbocycles. The number of benzene rings is 2. The Balaban J connectivity index is 1.61. The number of pyridine rings is 1. The highest BCUT2D eigenvalue weighted by Gasteiger charge is 2.29. The fourth-order valence-corrected chi connectivity index (χ4v) is 4.02. The van der Waals surface area contributed by atoms with Crippen LogP contribution in [-0.2, 0) is 9.53 Å². The number of hydrazone groups is 1. The number of ether oxygens (including phenoxy) is 1. The van der Waals surface area contributed by atoms with Crippen LogP contribution in [0.1, 0.15) is 18.1 Å². The van der Waals surface area contributed by atoms with Gasteiger partial charge in [0, 0.05) is 24.0 Å². The van der Waals surface area contributed by atoms with Crippen LogP contribution in [0.4, 0.5) is 11.5 Å². The minimum Gasteiger partial charge on any atom is -0.378 e. The Labute approximate surface area is 181 Å². The quantitative estimate of drug-likeness (QED) is 0.606. The molecule has 3 heterocycles. The molecule has 0 N–H and O–H groups in total. The fourth-order valence-electron chi connectivity index (χ4n) is 4.02. The van der Waals surface area contributed by atoms with E-state index in [1.54, 1.807) is 0 Å². The van der Waals surface area contributed by atoms with Crippen molar-refractivity contribution in [1.29, 1.82) is 0 Å². The van der Waals surface area contributed by atoms with Crippen molar-refractivity contribution in [2.24, 2.45) is 5.10 Å². The highest BCUT2D eigenvalue weighted by Crippen LogP contribution is 2.30. The maximum absolute atomic E-state index is 13.2. The predicted molar refractivity (Wildman–Crippen MR) is 125 cm³/mol. The summed E-state index contributed by atoms with van der Waals surface area (Å²) in [6.07, 6.45) is 1.93. The third-order valence-corrected chi connectivity index (χ3v) is 5.65. The SMILES string of the molecule is CC1=NN(c2ccccc2)C(=O)/C1=C/c1cc2cc(C)ccc2nc1N1CCOCC1. The van der Waals surface area contributed by atoms with E-state index in [9.17, 15) is 4.79 Å². The van der Waals surface area contributed by atoms with E-state index in [1.165, 1.54) is 10.6 Å². The zero-order valence-corrected chi connectivity index (χ0v) is 17.7. The van der Waals surface area contributed by atoms with E-state index >= 15 is 0 Å². The van der Waals surface area contributed by atoms with Gasteiger partial charge < -0.3 is 9.64 Å². The van der Waals surface area contributed by atoms with Crippen molar-refractivity contribution < 1.29 is 9.53 Å². The van der Waals surface area contributed by atoms with Crippen LogP contribution >= 0.6 is 0 Å². The standard InChI is InChI=1S/C25H24N4O2/c1-17-8-9-23-19(14-17)15-20(24(26-23)28-10-12-31-13-11-28)16-22-18(2)27-29(25(22)30)21-6-4-3-5-7-21/h3-9,14-16H,10-13H2,1-2H3/b22-16+. The summed E-state index contributed by atoms with van der Waals surface area (Å²) in [5, 5.41) is 7.04. The first-order chi connectivity index (χ1) is 15.1. The van der Waals surface area contributed by atoms with Crippen LogP contribution < -0.4 is 9.91 Å². The van der Waals surface area contributed by atoms with Crippen LogP contribution in [0.3, 0.4) is 0 Å². The van der Waals surface area contributed by atoms with Gasteiger partial charge in [0.15, 0.2) is 0 Å². The van der Waals surface area contributed by atoms with E-state index in [-0.39, 0.29) is 5.91 Å². The Morgan fingerprint density at radius 2 is 1.77 bits per heavy atom. The molecule has 2 aromatic carbocycles. The van der Waals surface area contributed by atoms with E-state index in [4.69, 9.17) is 9.72 Å². The number of carbonyl (C=O) groups excluding carboxylic acids is 1. The molecule has 5 rings (SSSR count). The number of hydrogen-bond acceptors (Lipinski definition) is 5. The third-order valence-electron chi connectivity index (χ3n) is 5.65. The van der Waals surface area contributed by atoms with Crippen LogP contribution in [0.5, 0.6) is 0 Å². The minimum absolute atomic E-state index is 0.124. The molecule has 1 saturated heterocycles. The highest BCUT2D eigenvalue weighted by molar-refractivity contribution is 6.32. The van der Waals surface area contributed by atoms with Gasteiger partial charge in [0.25, 0.3) is 5.91 Å². The van der Waals surface area contributed by atoms with Crippen molar-refractivity contribution >= 4 is 40.1 Å². The molecule has 156 valence electrons. The van der Waals surface area contributed by atoms with E-state index in [2.05, 4.69) is 41.2 Å². The van der Waals surface area contributed by atoms with Gasteiger partial charge in [-0.15, -0.1) is 0 Å². The molecule has 31 heavy (non-hydrogen) atoms. The molecule has 0 spiro atoms. The number of rotatable bonds is 3. The number of para-hydroxylation sites is 1. The van der Waals surface area contributed by atoms with Crippen molar-refractivity contribution in [2.75, 3.05) is 36.2 Å². The summed E-state index contributed by atoms with van der Waals surface area (Å²) >= 11 is 0. The summed E-state index contributed by atoms with van der Waals surface area (Å²) in [5.41, 5.74) is 5.10. The second-order valence-corrected chi connectivity index (χ2v) is 7.89.